The Labute approximate surface area is 126 Å². The van der Waals surface area contributed by atoms with Crippen LogP contribution in [0.3, 0.4) is 0 Å². The molecule has 0 amide bonds. The summed E-state index contributed by atoms with van der Waals surface area (Å²) in [6, 6.07) is 7.33. The van der Waals surface area contributed by atoms with Crippen molar-refractivity contribution in [1.29, 1.82) is 0 Å². The van der Waals surface area contributed by atoms with Gasteiger partial charge in [0.25, 0.3) is 0 Å². The molecule has 0 bridgehead atoms. The first-order valence-corrected chi connectivity index (χ1v) is 6.69. The summed E-state index contributed by atoms with van der Waals surface area (Å²) in [6.45, 7) is 7.03. The second kappa shape index (κ2) is 9.53. The minimum Gasteiger partial charge on any atom is -0.461 e. The normalized spacial score (nSPS) is 10.6. The van der Waals surface area contributed by atoms with Crippen molar-refractivity contribution in [3.05, 3.63) is 61.2 Å². The topological polar surface area (TPSA) is 52.6 Å². The van der Waals surface area contributed by atoms with Gasteiger partial charge in [0, 0.05) is 0 Å². The van der Waals surface area contributed by atoms with E-state index in [1.54, 1.807) is 24.3 Å². The summed E-state index contributed by atoms with van der Waals surface area (Å²) in [5.41, 5.74) is 0.939. The first-order valence-electron chi connectivity index (χ1n) is 7.19. The average Bonchev–Trinajstić information content (AvgIpc) is 2.52. The quantitative estimate of drug-likeness (QED) is 0.398. The van der Waals surface area contributed by atoms with Crippen molar-refractivity contribution >= 4 is 11.9 Å². The van der Waals surface area contributed by atoms with Gasteiger partial charge in [0.05, 0.1) is 1.37 Å². The van der Waals surface area contributed by atoms with Crippen molar-refractivity contribution in [2.24, 2.45) is 5.92 Å². The van der Waals surface area contributed by atoms with Crippen molar-refractivity contribution in [2.45, 2.75) is 12.8 Å². The van der Waals surface area contributed by atoms with Gasteiger partial charge in [-0.25, -0.2) is 0 Å². The highest BCUT2D eigenvalue weighted by Crippen LogP contribution is 2.14. The van der Waals surface area contributed by atoms with Crippen LogP contribution >= 0.6 is 0 Å². The van der Waals surface area contributed by atoms with E-state index >= 15 is 0 Å². The maximum Gasteiger partial charge on any atom is 0.320 e. The second-order valence-electron chi connectivity index (χ2n) is 4.34. The molecule has 112 valence electrons. The smallest absolute Gasteiger partial charge is 0.320 e. The van der Waals surface area contributed by atoms with Gasteiger partial charge in [0.1, 0.15) is 13.2 Å². The van der Waals surface area contributed by atoms with Crippen LogP contribution in [0, 0.1) is 5.92 Å². The predicted octanol–water partition coefficient (Wildman–Crippen LogP) is 2.69. The molecule has 0 atom stereocenters. The highest BCUT2D eigenvalue weighted by Gasteiger charge is 2.29. The number of benzene rings is 1. The van der Waals surface area contributed by atoms with E-state index in [0.29, 0.717) is 12.5 Å². The Bertz CT molecular complexity index is 498. The Kier molecular flexibility index (Phi) is 6.82. The summed E-state index contributed by atoms with van der Waals surface area (Å²) in [5.74, 6) is -2.22. The van der Waals surface area contributed by atoms with Crippen LogP contribution in [0.5, 0.6) is 0 Å². The number of carbonyl (C=O) groups excluding carboxylic acids is 2. The van der Waals surface area contributed by atoms with Crippen LogP contribution in [0.1, 0.15) is 13.4 Å². The molecule has 0 aliphatic carbocycles. The van der Waals surface area contributed by atoms with E-state index in [1.165, 1.54) is 12.2 Å². The maximum atomic E-state index is 12.0. The molecule has 4 nitrogen and oxygen atoms in total. The van der Waals surface area contributed by atoms with Gasteiger partial charge in [-0.15, -0.1) is 0 Å². The fraction of sp³-hybridized carbons (Fsp3) is 0.294. The lowest BCUT2D eigenvalue weighted by atomic mass is 9.99. The van der Waals surface area contributed by atoms with E-state index < -0.39 is 17.9 Å². The molecule has 0 saturated heterocycles. The summed E-state index contributed by atoms with van der Waals surface area (Å²) < 4.78 is 17.3. The molecule has 4 heteroatoms. The van der Waals surface area contributed by atoms with Gasteiger partial charge < -0.3 is 9.47 Å². The molecule has 0 heterocycles. The predicted molar refractivity (Wildman–Crippen MR) is 80.6 cm³/mol. The van der Waals surface area contributed by atoms with Crippen molar-refractivity contribution in [2.75, 3.05) is 13.2 Å². The Morgan fingerprint density at radius 3 is 2.14 bits per heavy atom. The van der Waals surface area contributed by atoms with Crippen molar-refractivity contribution in [3.8, 4) is 0 Å². The van der Waals surface area contributed by atoms with Crippen LogP contribution in [0.2, 0.25) is 0 Å². The van der Waals surface area contributed by atoms with Gasteiger partial charge in [0.2, 0.25) is 0 Å². The van der Waals surface area contributed by atoms with Gasteiger partial charge in [-0.05, 0) is 18.4 Å². The van der Waals surface area contributed by atoms with Gasteiger partial charge in [-0.1, -0.05) is 55.6 Å². The van der Waals surface area contributed by atoms with Crippen LogP contribution in [-0.4, -0.2) is 25.2 Å². The van der Waals surface area contributed by atoms with Crippen LogP contribution in [-0.2, 0) is 25.5 Å². The zero-order valence-corrected chi connectivity index (χ0v) is 11.9. The molecule has 1 rings (SSSR count). The van der Waals surface area contributed by atoms with E-state index in [2.05, 4.69) is 13.2 Å². The zero-order chi connectivity index (χ0) is 16.4. The van der Waals surface area contributed by atoms with E-state index in [0.717, 1.165) is 5.56 Å². The first kappa shape index (κ1) is 15.0. The molecule has 21 heavy (non-hydrogen) atoms. The third-order valence-electron chi connectivity index (χ3n) is 2.76. The monoisotopic (exact) mass is 290 g/mol. The number of esters is 2. The summed E-state index contributed by atoms with van der Waals surface area (Å²) in [5, 5.41) is 0. The SMILES string of the molecule is [3H]c1ccc(CCC(C(=O)OCC=C)C(=O)OCC=C)cc1. The molecule has 0 spiro atoms. The standard InChI is InChI=1S/C17H20O4/c1-3-12-20-16(18)15(17(19)21-13-4-2)11-10-14-8-6-5-7-9-14/h3-9,15H,1-2,10-13H2/i5T. The molecular weight excluding hydrogens is 268 g/mol. The number of aryl methyl sites for hydroxylation is 1. The van der Waals surface area contributed by atoms with E-state index in [4.69, 9.17) is 10.8 Å². The highest BCUT2D eigenvalue weighted by atomic mass is 16.6. The third-order valence-corrected chi connectivity index (χ3v) is 2.76. The maximum absolute atomic E-state index is 12.0. The molecule has 0 N–H and O–H groups in total. The number of carbonyl (C=O) groups is 2. The first-order chi connectivity index (χ1) is 10.6. The molecule has 0 aromatic heterocycles. The largest absolute Gasteiger partial charge is 0.461 e. The van der Waals surface area contributed by atoms with E-state index in [9.17, 15) is 9.59 Å². The zero-order valence-electron chi connectivity index (χ0n) is 12.9. The molecule has 0 fully saturated rings. The second-order valence-corrected chi connectivity index (χ2v) is 4.34. The molecule has 1 aromatic carbocycles. The van der Waals surface area contributed by atoms with Gasteiger partial charge in [0.15, 0.2) is 5.92 Å². The lowest BCUT2D eigenvalue weighted by Crippen LogP contribution is -2.28. The summed E-state index contributed by atoms with van der Waals surface area (Å²) in [6.07, 6.45) is 3.68. The Morgan fingerprint density at radius 1 is 1.14 bits per heavy atom. The molecule has 0 aliphatic rings. The molecule has 0 radical (unpaired) electrons. The Balaban J connectivity index is 2.69. The van der Waals surface area contributed by atoms with E-state index in [1.807, 2.05) is 0 Å². The van der Waals surface area contributed by atoms with Crippen molar-refractivity contribution in [3.63, 3.8) is 0 Å². The van der Waals surface area contributed by atoms with Crippen molar-refractivity contribution < 1.29 is 20.4 Å². The fourth-order valence-electron chi connectivity index (χ4n) is 1.71. The fourth-order valence-corrected chi connectivity index (χ4v) is 1.71. The highest BCUT2D eigenvalue weighted by molar-refractivity contribution is 5.94. The van der Waals surface area contributed by atoms with Crippen molar-refractivity contribution in [1.82, 2.24) is 0 Å². The minimum atomic E-state index is -0.976. The average molecular weight is 290 g/mol. The lowest BCUT2D eigenvalue weighted by molar-refractivity contribution is -0.161. The van der Waals surface area contributed by atoms with Gasteiger partial charge in [-0.2, -0.15) is 0 Å². The van der Waals surface area contributed by atoms with Gasteiger partial charge in [-0.3, -0.25) is 9.59 Å². The van der Waals surface area contributed by atoms with Crippen LogP contribution in [0.15, 0.2) is 55.6 Å². The third kappa shape index (κ3) is 6.08. The van der Waals surface area contributed by atoms with Crippen LogP contribution in [0.25, 0.3) is 0 Å². The van der Waals surface area contributed by atoms with Crippen LogP contribution < -0.4 is 0 Å². The molecule has 0 aliphatic heterocycles. The molecule has 0 saturated carbocycles. The van der Waals surface area contributed by atoms with Crippen LogP contribution in [0.4, 0.5) is 0 Å². The Morgan fingerprint density at radius 2 is 1.67 bits per heavy atom. The number of rotatable bonds is 9. The number of ether oxygens (including phenoxy) is 2. The van der Waals surface area contributed by atoms with E-state index in [-0.39, 0.29) is 19.6 Å². The van der Waals surface area contributed by atoms with Gasteiger partial charge >= 0.3 is 11.9 Å². The summed E-state index contributed by atoms with van der Waals surface area (Å²) >= 11 is 0. The summed E-state index contributed by atoms with van der Waals surface area (Å²) in [4.78, 5) is 23.9. The lowest BCUT2D eigenvalue weighted by Gasteiger charge is -2.14. The Hall–Kier alpha value is -2.36. The molecule has 1 aromatic rings. The number of hydrogen-bond donors (Lipinski definition) is 0. The molecular formula is C17H20O4. The minimum absolute atomic E-state index is 0.0532. The number of hydrogen-bond acceptors (Lipinski definition) is 4. The molecule has 0 unspecified atom stereocenters. The summed E-state index contributed by atoms with van der Waals surface area (Å²) in [7, 11) is 0.